The summed E-state index contributed by atoms with van der Waals surface area (Å²) in [7, 11) is 0. The molecule has 1 aromatic carbocycles. The molecule has 5 nitrogen and oxygen atoms in total. The lowest BCUT2D eigenvalue weighted by Crippen LogP contribution is -2.16. The smallest absolute Gasteiger partial charge is 0.169 e. The van der Waals surface area contributed by atoms with Crippen LogP contribution in [0.4, 0.5) is 21.7 Å². The normalized spacial score (nSPS) is 15.3. The number of benzene rings is 1. The molecular weight excluding hydrogens is 293 g/mol. The Morgan fingerprint density at radius 3 is 2.78 bits per heavy atom. The second-order valence-corrected chi connectivity index (χ2v) is 6.75. The summed E-state index contributed by atoms with van der Waals surface area (Å²) >= 11 is 0. The molecule has 6 N–H and O–H groups in total. The van der Waals surface area contributed by atoms with Crippen LogP contribution in [0.2, 0.25) is 0 Å². The van der Waals surface area contributed by atoms with Gasteiger partial charge >= 0.3 is 0 Å². The fourth-order valence-electron chi connectivity index (χ4n) is 3.12. The van der Waals surface area contributed by atoms with Gasteiger partial charge in [-0.15, -0.1) is 0 Å². The van der Waals surface area contributed by atoms with Gasteiger partial charge in [-0.3, -0.25) is 5.41 Å². The van der Waals surface area contributed by atoms with Gasteiger partial charge in [-0.25, -0.2) is 9.37 Å². The van der Waals surface area contributed by atoms with Crippen LogP contribution in [0.25, 0.3) is 0 Å². The number of nitrogens with zero attached hydrogens (tertiary/aromatic N) is 1. The van der Waals surface area contributed by atoms with Crippen molar-refractivity contribution in [2.24, 2.45) is 11.1 Å². The lowest BCUT2D eigenvalue weighted by molar-refractivity contribution is 0.393. The quantitative estimate of drug-likeness (QED) is 0.517. The van der Waals surface area contributed by atoms with Gasteiger partial charge in [0.05, 0.1) is 5.56 Å². The number of hydrogen-bond donors (Lipinski definition) is 4. The fraction of sp³-hybridized carbons (Fsp3) is 0.294. The van der Waals surface area contributed by atoms with Gasteiger partial charge in [0.1, 0.15) is 11.7 Å². The molecular formula is C17H20FN5. The van der Waals surface area contributed by atoms with Crippen LogP contribution in [0.1, 0.15) is 30.5 Å². The second kappa shape index (κ2) is 5.22. The molecule has 0 spiro atoms. The van der Waals surface area contributed by atoms with E-state index in [9.17, 15) is 4.39 Å². The van der Waals surface area contributed by atoms with Crippen LogP contribution in [0.15, 0.2) is 24.3 Å². The van der Waals surface area contributed by atoms with Crippen LogP contribution in [0.5, 0.6) is 0 Å². The van der Waals surface area contributed by atoms with Crippen LogP contribution < -0.4 is 16.8 Å². The Labute approximate surface area is 134 Å². The van der Waals surface area contributed by atoms with Gasteiger partial charge < -0.3 is 16.8 Å². The van der Waals surface area contributed by atoms with Gasteiger partial charge in [0, 0.05) is 5.69 Å². The number of rotatable bonds is 3. The maximum Gasteiger partial charge on any atom is 0.169 e. The Balaban J connectivity index is 1.97. The number of pyridine rings is 1. The van der Waals surface area contributed by atoms with Gasteiger partial charge in [0.15, 0.2) is 11.6 Å². The second-order valence-electron chi connectivity index (χ2n) is 6.75. The summed E-state index contributed by atoms with van der Waals surface area (Å²) in [5.41, 5.74) is 14.7. The number of nitrogen functional groups attached to an aromatic ring is 2. The third kappa shape index (κ3) is 2.84. The van der Waals surface area contributed by atoms with E-state index in [1.807, 2.05) is 12.1 Å². The summed E-state index contributed by atoms with van der Waals surface area (Å²) in [6.45, 7) is 4.44. The Morgan fingerprint density at radius 2 is 2.09 bits per heavy atom. The fourth-order valence-corrected chi connectivity index (χ4v) is 3.12. The number of aromatic nitrogens is 1. The van der Waals surface area contributed by atoms with E-state index in [0.29, 0.717) is 0 Å². The number of hydrogen-bond acceptors (Lipinski definition) is 4. The summed E-state index contributed by atoms with van der Waals surface area (Å²) in [5, 5.41) is 10.4. The highest BCUT2D eigenvalue weighted by atomic mass is 19.1. The number of anilines is 3. The van der Waals surface area contributed by atoms with E-state index >= 15 is 0 Å². The predicted octanol–water partition coefficient (Wildman–Crippen LogP) is 2.96. The van der Waals surface area contributed by atoms with Crippen LogP contribution >= 0.6 is 0 Å². The van der Waals surface area contributed by atoms with E-state index in [1.54, 1.807) is 0 Å². The summed E-state index contributed by atoms with van der Waals surface area (Å²) in [4.78, 5) is 4.02. The van der Waals surface area contributed by atoms with E-state index in [0.717, 1.165) is 24.6 Å². The minimum absolute atomic E-state index is 0.0364. The van der Waals surface area contributed by atoms with Crippen molar-refractivity contribution in [1.29, 1.82) is 5.41 Å². The summed E-state index contributed by atoms with van der Waals surface area (Å²) in [6, 6.07) is 7.11. The molecule has 3 rings (SSSR count). The van der Waals surface area contributed by atoms with Crippen molar-refractivity contribution in [1.82, 2.24) is 4.98 Å². The topological polar surface area (TPSA) is 101 Å². The zero-order chi connectivity index (χ0) is 16.8. The maximum atomic E-state index is 14.2. The molecule has 0 radical (unpaired) electrons. The first-order valence-electron chi connectivity index (χ1n) is 7.45. The van der Waals surface area contributed by atoms with Crippen molar-refractivity contribution in [3.63, 3.8) is 0 Å². The van der Waals surface area contributed by atoms with E-state index < -0.39 is 5.82 Å². The van der Waals surface area contributed by atoms with Crippen molar-refractivity contribution in [2.75, 3.05) is 11.1 Å². The molecule has 0 saturated carbocycles. The van der Waals surface area contributed by atoms with E-state index in [4.69, 9.17) is 16.9 Å². The van der Waals surface area contributed by atoms with Crippen molar-refractivity contribution < 1.29 is 4.39 Å². The number of nitrogens with two attached hydrogens (primary N) is 2. The first-order valence-corrected chi connectivity index (χ1v) is 7.45. The highest BCUT2D eigenvalue weighted by Gasteiger charge is 2.30. The van der Waals surface area contributed by atoms with Crippen LogP contribution in [0, 0.1) is 16.6 Å². The van der Waals surface area contributed by atoms with Crippen molar-refractivity contribution in [3.05, 3.63) is 46.8 Å². The molecule has 0 unspecified atom stereocenters. The average molecular weight is 313 g/mol. The van der Waals surface area contributed by atoms with Crippen LogP contribution in [-0.4, -0.2) is 10.8 Å². The molecule has 1 aliphatic carbocycles. The standard InChI is InChI=1S/C17H20FN5/c1-17(2)7-9-4-3-5-13(11(9)8-17)22-16-12(18)6-10(14(19)20)15(21)23-16/h3-6H,7-8H2,1-2H3,(H3,19,20)(H3,21,22,23). The number of halogens is 1. The van der Waals surface area contributed by atoms with Crippen LogP contribution in [0.3, 0.4) is 0 Å². The zero-order valence-corrected chi connectivity index (χ0v) is 13.2. The number of amidine groups is 1. The molecule has 1 aliphatic rings. The minimum atomic E-state index is -0.584. The van der Waals surface area contributed by atoms with Crippen molar-refractivity contribution >= 4 is 23.2 Å². The van der Waals surface area contributed by atoms with Crippen molar-refractivity contribution in [3.8, 4) is 0 Å². The van der Waals surface area contributed by atoms with Gasteiger partial charge in [-0.05, 0) is 41.5 Å². The first kappa shape index (κ1) is 15.3. The maximum absolute atomic E-state index is 14.2. The molecule has 2 aromatic rings. The monoisotopic (exact) mass is 313 g/mol. The molecule has 23 heavy (non-hydrogen) atoms. The molecule has 0 fully saturated rings. The first-order chi connectivity index (χ1) is 10.8. The molecule has 6 heteroatoms. The highest BCUT2D eigenvalue weighted by molar-refractivity contribution is 5.99. The summed E-state index contributed by atoms with van der Waals surface area (Å²) < 4.78 is 14.2. The molecule has 0 aliphatic heterocycles. The van der Waals surface area contributed by atoms with E-state index in [1.165, 1.54) is 11.1 Å². The predicted molar refractivity (Wildman–Crippen MR) is 90.5 cm³/mol. The Morgan fingerprint density at radius 1 is 1.35 bits per heavy atom. The zero-order valence-electron chi connectivity index (χ0n) is 13.2. The SMILES string of the molecule is CC1(C)Cc2cccc(Nc3nc(N)c(C(=N)N)cc3F)c2C1. The molecule has 1 heterocycles. The average Bonchev–Trinajstić information content (AvgIpc) is 2.77. The minimum Gasteiger partial charge on any atom is -0.384 e. The molecule has 0 saturated heterocycles. The van der Waals surface area contributed by atoms with Gasteiger partial charge in [0.25, 0.3) is 0 Å². The van der Waals surface area contributed by atoms with Crippen molar-refractivity contribution in [2.45, 2.75) is 26.7 Å². The lowest BCUT2D eigenvalue weighted by Gasteiger charge is -2.16. The Bertz CT molecular complexity index is 798. The Kier molecular flexibility index (Phi) is 3.47. The van der Waals surface area contributed by atoms with Gasteiger partial charge in [-0.2, -0.15) is 0 Å². The lowest BCUT2D eigenvalue weighted by atomic mass is 9.90. The van der Waals surface area contributed by atoms with E-state index in [-0.39, 0.29) is 28.4 Å². The highest BCUT2D eigenvalue weighted by Crippen LogP contribution is 2.40. The molecule has 1 aromatic heterocycles. The van der Waals surface area contributed by atoms with Crippen LogP contribution in [-0.2, 0) is 12.8 Å². The summed E-state index contributed by atoms with van der Waals surface area (Å²) in [6.07, 6.45) is 1.92. The molecule has 0 amide bonds. The third-order valence-corrected chi connectivity index (χ3v) is 4.15. The Hall–Kier alpha value is -2.63. The largest absolute Gasteiger partial charge is 0.384 e. The molecule has 120 valence electrons. The van der Waals surface area contributed by atoms with E-state index in [2.05, 4.69) is 30.2 Å². The summed E-state index contributed by atoms with van der Waals surface area (Å²) in [5.74, 6) is -0.804. The van der Waals surface area contributed by atoms with Gasteiger partial charge in [0.2, 0.25) is 0 Å². The number of nitrogens with one attached hydrogen (secondary N) is 2. The molecule has 0 atom stereocenters. The number of fused-ring (bicyclic) bond motifs is 1. The molecule has 0 bridgehead atoms. The third-order valence-electron chi connectivity index (χ3n) is 4.15. The van der Waals surface area contributed by atoms with Gasteiger partial charge in [-0.1, -0.05) is 26.0 Å².